The number of nitrogens with one attached hydrogen (secondary N) is 2. The minimum Gasteiger partial charge on any atom is -0.497 e. The third-order valence-electron chi connectivity index (χ3n) is 3.38. The van der Waals surface area contributed by atoms with Crippen molar-refractivity contribution in [1.82, 2.24) is 9.97 Å². The number of ether oxygens (including phenoxy) is 2. The van der Waals surface area contributed by atoms with Gasteiger partial charge in [-0.1, -0.05) is 0 Å². The molecular formula is C18H17FN4O2. The average molecular weight is 340 g/mol. The molecular weight excluding hydrogens is 323 g/mol. The van der Waals surface area contributed by atoms with Gasteiger partial charge in [0, 0.05) is 35.8 Å². The van der Waals surface area contributed by atoms with Crippen LogP contribution in [-0.2, 0) is 0 Å². The minimum atomic E-state index is -0.289. The summed E-state index contributed by atoms with van der Waals surface area (Å²) in [6, 6.07) is 13.2. The van der Waals surface area contributed by atoms with Crippen LogP contribution in [0.4, 0.5) is 27.5 Å². The number of halogens is 1. The third-order valence-corrected chi connectivity index (χ3v) is 3.38. The van der Waals surface area contributed by atoms with Crippen LogP contribution in [0.2, 0.25) is 0 Å². The maximum Gasteiger partial charge on any atom is 0.229 e. The van der Waals surface area contributed by atoms with Crippen LogP contribution >= 0.6 is 0 Å². The molecule has 2 N–H and O–H groups in total. The average Bonchev–Trinajstić information content (AvgIpc) is 2.63. The highest BCUT2D eigenvalue weighted by molar-refractivity contribution is 5.62. The number of aromatic nitrogens is 2. The number of nitrogens with zero attached hydrogens (tertiary/aromatic N) is 2. The van der Waals surface area contributed by atoms with E-state index >= 15 is 0 Å². The molecule has 128 valence electrons. The van der Waals surface area contributed by atoms with E-state index in [-0.39, 0.29) is 5.82 Å². The van der Waals surface area contributed by atoms with Gasteiger partial charge in [-0.05, 0) is 30.3 Å². The highest BCUT2D eigenvalue weighted by Crippen LogP contribution is 2.27. The van der Waals surface area contributed by atoms with E-state index in [2.05, 4.69) is 20.6 Å². The van der Waals surface area contributed by atoms with Crippen molar-refractivity contribution in [3.05, 3.63) is 60.5 Å². The van der Waals surface area contributed by atoms with Gasteiger partial charge >= 0.3 is 0 Å². The van der Waals surface area contributed by atoms with Crippen LogP contribution in [0.1, 0.15) is 0 Å². The van der Waals surface area contributed by atoms with Crippen molar-refractivity contribution in [3.8, 4) is 11.5 Å². The van der Waals surface area contributed by atoms with Gasteiger partial charge in [-0.25, -0.2) is 9.37 Å². The Morgan fingerprint density at radius 2 is 1.52 bits per heavy atom. The summed E-state index contributed by atoms with van der Waals surface area (Å²) in [4.78, 5) is 8.59. The molecule has 7 heteroatoms. The molecule has 0 unspecified atom stereocenters. The molecule has 0 saturated heterocycles. The Bertz CT molecular complexity index is 834. The molecule has 0 amide bonds. The Kier molecular flexibility index (Phi) is 4.94. The van der Waals surface area contributed by atoms with Crippen LogP contribution in [0, 0.1) is 5.82 Å². The van der Waals surface area contributed by atoms with E-state index in [0.29, 0.717) is 23.3 Å². The maximum atomic E-state index is 13.0. The summed E-state index contributed by atoms with van der Waals surface area (Å²) < 4.78 is 23.5. The van der Waals surface area contributed by atoms with Gasteiger partial charge in [0.2, 0.25) is 5.95 Å². The van der Waals surface area contributed by atoms with Gasteiger partial charge in [0.05, 0.1) is 14.2 Å². The maximum absolute atomic E-state index is 13.0. The zero-order valence-electron chi connectivity index (χ0n) is 13.8. The van der Waals surface area contributed by atoms with E-state index in [1.807, 2.05) is 12.1 Å². The van der Waals surface area contributed by atoms with E-state index in [0.717, 1.165) is 11.4 Å². The molecule has 0 atom stereocenters. The highest BCUT2D eigenvalue weighted by Gasteiger charge is 2.05. The van der Waals surface area contributed by atoms with Crippen molar-refractivity contribution in [2.45, 2.75) is 0 Å². The zero-order chi connectivity index (χ0) is 17.6. The second kappa shape index (κ2) is 7.48. The molecule has 2 aromatic carbocycles. The van der Waals surface area contributed by atoms with Gasteiger partial charge < -0.3 is 20.1 Å². The Morgan fingerprint density at radius 3 is 2.16 bits per heavy atom. The van der Waals surface area contributed by atoms with Gasteiger partial charge in [0.15, 0.2) is 0 Å². The van der Waals surface area contributed by atoms with Crippen LogP contribution in [-0.4, -0.2) is 24.2 Å². The van der Waals surface area contributed by atoms with E-state index < -0.39 is 0 Å². The largest absolute Gasteiger partial charge is 0.497 e. The Balaban J connectivity index is 1.78. The molecule has 1 heterocycles. The lowest BCUT2D eigenvalue weighted by Gasteiger charge is -2.11. The summed E-state index contributed by atoms with van der Waals surface area (Å²) in [5.41, 5.74) is 1.46. The molecule has 0 saturated carbocycles. The molecule has 25 heavy (non-hydrogen) atoms. The molecule has 0 bridgehead atoms. The zero-order valence-corrected chi connectivity index (χ0v) is 13.8. The number of rotatable bonds is 6. The summed E-state index contributed by atoms with van der Waals surface area (Å²) in [7, 11) is 3.17. The molecule has 0 aliphatic rings. The molecule has 6 nitrogen and oxygen atoms in total. The van der Waals surface area contributed by atoms with E-state index in [9.17, 15) is 4.39 Å². The molecule has 3 aromatic rings. The van der Waals surface area contributed by atoms with Crippen LogP contribution in [0.5, 0.6) is 11.5 Å². The fourth-order valence-electron chi connectivity index (χ4n) is 2.18. The lowest BCUT2D eigenvalue weighted by Crippen LogP contribution is -2.01. The summed E-state index contributed by atoms with van der Waals surface area (Å²) in [5.74, 6) is 2.01. The number of methoxy groups -OCH3 is 2. The fraction of sp³-hybridized carbons (Fsp3) is 0.111. The van der Waals surface area contributed by atoms with Crippen molar-refractivity contribution in [1.29, 1.82) is 0 Å². The second-order valence-electron chi connectivity index (χ2n) is 5.12. The van der Waals surface area contributed by atoms with Crippen molar-refractivity contribution in [3.63, 3.8) is 0 Å². The number of hydrogen-bond donors (Lipinski definition) is 2. The summed E-state index contributed by atoms with van der Waals surface area (Å²) >= 11 is 0. The first-order chi connectivity index (χ1) is 12.2. The van der Waals surface area contributed by atoms with E-state index in [4.69, 9.17) is 9.47 Å². The van der Waals surface area contributed by atoms with Gasteiger partial charge in [0.1, 0.15) is 23.1 Å². The Morgan fingerprint density at radius 1 is 0.840 bits per heavy atom. The smallest absolute Gasteiger partial charge is 0.229 e. The summed E-state index contributed by atoms with van der Waals surface area (Å²) in [5, 5.41) is 6.20. The second-order valence-corrected chi connectivity index (χ2v) is 5.12. The number of hydrogen-bond acceptors (Lipinski definition) is 6. The number of benzene rings is 2. The summed E-state index contributed by atoms with van der Waals surface area (Å²) in [6.45, 7) is 0. The first-order valence-electron chi connectivity index (χ1n) is 7.52. The van der Waals surface area contributed by atoms with Crippen molar-refractivity contribution in [2.24, 2.45) is 0 Å². The predicted octanol–water partition coefficient (Wildman–Crippen LogP) is 4.12. The van der Waals surface area contributed by atoms with Crippen LogP contribution in [0.3, 0.4) is 0 Å². The third kappa shape index (κ3) is 4.35. The molecule has 0 aliphatic carbocycles. The van der Waals surface area contributed by atoms with Crippen molar-refractivity contribution in [2.75, 3.05) is 24.9 Å². The van der Waals surface area contributed by atoms with Gasteiger partial charge in [0.25, 0.3) is 0 Å². The molecule has 0 fully saturated rings. The van der Waals surface area contributed by atoms with Gasteiger partial charge in [-0.2, -0.15) is 4.98 Å². The quantitative estimate of drug-likeness (QED) is 0.703. The SMILES string of the molecule is COc1cc(Nc2nccc(Nc3ccc(F)cc3)n2)cc(OC)c1. The highest BCUT2D eigenvalue weighted by atomic mass is 19.1. The first kappa shape index (κ1) is 16.5. The minimum absolute atomic E-state index is 0.289. The lowest BCUT2D eigenvalue weighted by molar-refractivity contribution is 0.395. The first-order valence-corrected chi connectivity index (χ1v) is 7.52. The Hall–Kier alpha value is -3.35. The van der Waals surface area contributed by atoms with Crippen LogP contribution in [0.25, 0.3) is 0 Å². The monoisotopic (exact) mass is 340 g/mol. The lowest BCUT2D eigenvalue weighted by atomic mass is 10.3. The van der Waals surface area contributed by atoms with E-state index in [1.165, 1.54) is 12.1 Å². The van der Waals surface area contributed by atoms with Gasteiger partial charge in [-0.3, -0.25) is 0 Å². The van der Waals surface area contributed by atoms with Crippen LogP contribution in [0.15, 0.2) is 54.7 Å². The molecule has 3 rings (SSSR count). The molecule has 0 aliphatic heterocycles. The molecule has 0 spiro atoms. The van der Waals surface area contributed by atoms with Crippen LogP contribution < -0.4 is 20.1 Å². The topological polar surface area (TPSA) is 68.3 Å². The standard InChI is InChI=1S/C18H17FN4O2/c1-24-15-9-14(10-16(11-15)25-2)22-18-20-8-7-17(23-18)21-13-5-3-12(19)4-6-13/h3-11H,1-2H3,(H2,20,21,22,23). The molecule has 1 aromatic heterocycles. The number of anilines is 4. The van der Waals surface area contributed by atoms with Crippen molar-refractivity contribution >= 4 is 23.1 Å². The Labute approximate surface area is 144 Å². The molecule has 0 radical (unpaired) electrons. The fourth-order valence-corrected chi connectivity index (χ4v) is 2.18. The predicted molar refractivity (Wildman–Crippen MR) is 94.5 cm³/mol. The summed E-state index contributed by atoms with van der Waals surface area (Å²) in [6.07, 6.45) is 1.62. The van der Waals surface area contributed by atoms with E-state index in [1.54, 1.807) is 44.7 Å². The van der Waals surface area contributed by atoms with Gasteiger partial charge in [-0.15, -0.1) is 0 Å². The normalized spacial score (nSPS) is 10.2. The van der Waals surface area contributed by atoms with Crippen molar-refractivity contribution < 1.29 is 13.9 Å².